The molecule has 0 saturated heterocycles. The Bertz CT molecular complexity index is 571. The molecule has 4 nitrogen and oxygen atoms in total. The number of carbonyl (C=O) groups is 1. The van der Waals surface area contributed by atoms with Crippen molar-refractivity contribution in [2.24, 2.45) is 5.73 Å². The lowest BCUT2D eigenvalue weighted by Gasteiger charge is -2.25. The molecule has 1 amide bonds. The molecular formula is C16H21N3O. The molecule has 106 valence electrons. The van der Waals surface area contributed by atoms with E-state index in [1.54, 1.807) is 0 Å². The van der Waals surface area contributed by atoms with E-state index in [0.29, 0.717) is 12.8 Å². The molecule has 0 aliphatic heterocycles. The van der Waals surface area contributed by atoms with Crippen LogP contribution in [0.3, 0.4) is 0 Å². The van der Waals surface area contributed by atoms with Crippen molar-refractivity contribution in [1.29, 1.82) is 0 Å². The zero-order valence-electron chi connectivity index (χ0n) is 12.0. The van der Waals surface area contributed by atoms with E-state index in [1.165, 1.54) is 0 Å². The maximum Gasteiger partial charge on any atom is 0.244 e. The topological polar surface area (TPSA) is 60.1 Å². The van der Waals surface area contributed by atoms with Crippen LogP contribution in [0.1, 0.15) is 26.7 Å². The Morgan fingerprint density at radius 1 is 1.20 bits per heavy atom. The molecule has 3 N–H and O–H groups in total. The van der Waals surface area contributed by atoms with Gasteiger partial charge < -0.3 is 15.6 Å². The summed E-state index contributed by atoms with van der Waals surface area (Å²) in [5.74, 6) is -0.132. The standard InChI is InChI=1S/C16H21N3O/c1-3-16(17,4-2)15(20)18-13-8-7-9-14(12-13)19-10-5-6-11-19/h5-12H,3-4,17H2,1-2H3,(H,18,20). The lowest BCUT2D eigenvalue weighted by molar-refractivity contribution is -0.121. The number of rotatable bonds is 5. The Kier molecular flexibility index (Phi) is 4.25. The molecule has 4 heteroatoms. The Balaban J connectivity index is 2.19. The monoisotopic (exact) mass is 271 g/mol. The number of aromatic nitrogens is 1. The van der Waals surface area contributed by atoms with Gasteiger partial charge in [0.15, 0.2) is 0 Å². The van der Waals surface area contributed by atoms with Gasteiger partial charge >= 0.3 is 0 Å². The average molecular weight is 271 g/mol. The van der Waals surface area contributed by atoms with Crippen LogP contribution in [0.15, 0.2) is 48.8 Å². The summed E-state index contributed by atoms with van der Waals surface area (Å²) >= 11 is 0. The van der Waals surface area contributed by atoms with Gasteiger partial charge in [0.2, 0.25) is 5.91 Å². The molecule has 0 spiro atoms. The maximum absolute atomic E-state index is 12.3. The van der Waals surface area contributed by atoms with Crippen LogP contribution >= 0.6 is 0 Å². The summed E-state index contributed by atoms with van der Waals surface area (Å²) < 4.78 is 1.99. The van der Waals surface area contributed by atoms with Gasteiger partial charge in [0.05, 0.1) is 5.54 Å². The van der Waals surface area contributed by atoms with E-state index in [1.807, 2.05) is 67.2 Å². The SMILES string of the molecule is CCC(N)(CC)C(=O)Nc1cccc(-n2cccc2)c1. The first-order valence-electron chi connectivity index (χ1n) is 6.93. The van der Waals surface area contributed by atoms with Crippen molar-refractivity contribution in [1.82, 2.24) is 4.57 Å². The van der Waals surface area contributed by atoms with Crippen LogP contribution in [0.25, 0.3) is 5.69 Å². The summed E-state index contributed by atoms with van der Waals surface area (Å²) in [4.78, 5) is 12.3. The van der Waals surface area contributed by atoms with Crippen molar-refractivity contribution < 1.29 is 4.79 Å². The molecule has 0 unspecified atom stereocenters. The van der Waals surface area contributed by atoms with Gasteiger partial charge in [-0.25, -0.2) is 0 Å². The third-order valence-corrected chi connectivity index (χ3v) is 3.72. The summed E-state index contributed by atoms with van der Waals surface area (Å²) in [5.41, 5.74) is 7.07. The number of amides is 1. The first-order valence-corrected chi connectivity index (χ1v) is 6.93. The van der Waals surface area contributed by atoms with Crippen LogP contribution in [-0.4, -0.2) is 16.0 Å². The minimum absolute atomic E-state index is 0.132. The van der Waals surface area contributed by atoms with E-state index in [9.17, 15) is 4.79 Å². The van der Waals surface area contributed by atoms with Gasteiger partial charge in [-0.15, -0.1) is 0 Å². The molecule has 0 bridgehead atoms. The number of nitrogens with zero attached hydrogens (tertiary/aromatic N) is 1. The average Bonchev–Trinajstić information content (AvgIpc) is 3.01. The normalized spacial score (nSPS) is 11.3. The number of nitrogens with one attached hydrogen (secondary N) is 1. The van der Waals surface area contributed by atoms with Gasteiger partial charge in [-0.2, -0.15) is 0 Å². The van der Waals surface area contributed by atoms with Crippen LogP contribution in [0.2, 0.25) is 0 Å². The summed E-state index contributed by atoms with van der Waals surface area (Å²) in [6, 6.07) is 11.6. The van der Waals surface area contributed by atoms with Crippen molar-refractivity contribution in [3.63, 3.8) is 0 Å². The van der Waals surface area contributed by atoms with Gasteiger partial charge in [0.25, 0.3) is 0 Å². The van der Waals surface area contributed by atoms with Crippen LogP contribution < -0.4 is 11.1 Å². The van der Waals surface area contributed by atoms with E-state index >= 15 is 0 Å². The van der Waals surface area contributed by atoms with Gasteiger partial charge in [0.1, 0.15) is 0 Å². The molecule has 2 aromatic rings. The molecular weight excluding hydrogens is 250 g/mol. The quantitative estimate of drug-likeness (QED) is 0.878. The van der Waals surface area contributed by atoms with E-state index in [0.717, 1.165) is 11.4 Å². The summed E-state index contributed by atoms with van der Waals surface area (Å²) in [6.45, 7) is 3.86. The van der Waals surface area contributed by atoms with Crippen molar-refractivity contribution in [3.05, 3.63) is 48.8 Å². The van der Waals surface area contributed by atoms with E-state index in [2.05, 4.69) is 5.32 Å². The van der Waals surface area contributed by atoms with Crippen LogP contribution in [-0.2, 0) is 4.79 Å². The Morgan fingerprint density at radius 3 is 2.45 bits per heavy atom. The van der Waals surface area contributed by atoms with Crippen molar-refractivity contribution in [2.45, 2.75) is 32.2 Å². The van der Waals surface area contributed by atoms with Gasteiger partial charge in [0, 0.05) is 23.8 Å². The third kappa shape index (κ3) is 2.91. The summed E-state index contributed by atoms with van der Waals surface area (Å²) in [7, 11) is 0. The number of anilines is 1. The zero-order chi connectivity index (χ0) is 14.6. The fraction of sp³-hybridized carbons (Fsp3) is 0.312. The first kappa shape index (κ1) is 14.3. The fourth-order valence-corrected chi connectivity index (χ4v) is 2.08. The number of nitrogens with two attached hydrogens (primary N) is 1. The smallest absolute Gasteiger partial charge is 0.244 e. The van der Waals surface area contributed by atoms with Crippen LogP contribution in [0.5, 0.6) is 0 Å². The molecule has 20 heavy (non-hydrogen) atoms. The molecule has 1 aromatic carbocycles. The van der Waals surface area contributed by atoms with Crippen molar-refractivity contribution >= 4 is 11.6 Å². The van der Waals surface area contributed by atoms with E-state index in [4.69, 9.17) is 5.73 Å². The molecule has 0 aliphatic rings. The minimum Gasteiger partial charge on any atom is -0.324 e. The first-order chi connectivity index (χ1) is 9.59. The van der Waals surface area contributed by atoms with Crippen molar-refractivity contribution in [2.75, 3.05) is 5.32 Å². The molecule has 2 rings (SSSR count). The number of benzene rings is 1. The second-order valence-electron chi connectivity index (χ2n) is 4.96. The second kappa shape index (κ2) is 5.92. The van der Waals surface area contributed by atoms with Gasteiger partial charge in [-0.1, -0.05) is 19.9 Å². The summed E-state index contributed by atoms with van der Waals surface area (Å²) in [5, 5.41) is 2.91. The highest BCUT2D eigenvalue weighted by Crippen LogP contribution is 2.18. The summed E-state index contributed by atoms with van der Waals surface area (Å²) in [6.07, 6.45) is 5.16. The largest absolute Gasteiger partial charge is 0.324 e. The predicted octanol–water partition coefficient (Wildman–Crippen LogP) is 2.93. The van der Waals surface area contributed by atoms with Crippen molar-refractivity contribution in [3.8, 4) is 5.69 Å². The molecule has 0 radical (unpaired) electrons. The number of hydrogen-bond acceptors (Lipinski definition) is 2. The lowest BCUT2D eigenvalue weighted by Crippen LogP contribution is -2.50. The molecule has 1 aromatic heterocycles. The predicted molar refractivity (Wildman–Crippen MR) is 81.9 cm³/mol. The lowest BCUT2D eigenvalue weighted by atomic mass is 9.93. The van der Waals surface area contributed by atoms with E-state index in [-0.39, 0.29) is 5.91 Å². The van der Waals surface area contributed by atoms with Gasteiger partial charge in [-0.05, 0) is 43.2 Å². The maximum atomic E-state index is 12.3. The number of carbonyl (C=O) groups excluding carboxylic acids is 1. The Hall–Kier alpha value is -2.07. The molecule has 0 saturated carbocycles. The highest BCUT2D eigenvalue weighted by molar-refractivity contribution is 5.98. The Labute approximate surface area is 119 Å². The highest BCUT2D eigenvalue weighted by atomic mass is 16.2. The van der Waals surface area contributed by atoms with Crippen LogP contribution in [0.4, 0.5) is 5.69 Å². The fourth-order valence-electron chi connectivity index (χ4n) is 2.08. The minimum atomic E-state index is -0.802. The zero-order valence-corrected chi connectivity index (χ0v) is 12.0. The molecule has 1 heterocycles. The third-order valence-electron chi connectivity index (χ3n) is 3.72. The van der Waals surface area contributed by atoms with Crippen LogP contribution in [0, 0.1) is 0 Å². The molecule has 0 atom stereocenters. The molecule has 0 fully saturated rings. The highest BCUT2D eigenvalue weighted by Gasteiger charge is 2.29. The number of hydrogen-bond donors (Lipinski definition) is 2. The Morgan fingerprint density at radius 2 is 1.85 bits per heavy atom. The van der Waals surface area contributed by atoms with E-state index < -0.39 is 5.54 Å². The second-order valence-corrected chi connectivity index (χ2v) is 4.96. The van der Waals surface area contributed by atoms with Gasteiger partial charge in [-0.3, -0.25) is 4.79 Å². The molecule has 0 aliphatic carbocycles.